The first-order valence-corrected chi connectivity index (χ1v) is 12.3. The zero-order valence-corrected chi connectivity index (χ0v) is 20.1. The van der Waals surface area contributed by atoms with Gasteiger partial charge in [0.2, 0.25) is 5.91 Å². The van der Waals surface area contributed by atoms with Gasteiger partial charge >= 0.3 is 5.97 Å². The van der Waals surface area contributed by atoms with Gasteiger partial charge in [-0.1, -0.05) is 36.8 Å². The third-order valence-electron chi connectivity index (χ3n) is 6.51. The highest BCUT2D eigenvalue weighted by atomic mass is 32.1. The van der Waals surface area contributed by atoms with Crippen LogP contribution >= 0.6 is 11.3 Å². The Morgan fingerprint density at radius 1 is 1.12 bits per heavy atom. The average molecular weight is 456 g/mol. The van der Waals surface area contributed by atoms with E-state index in [0.717, 1.165) is 57.5 Å². The van der Waals surface area contributed by atoms with Gasteiger partial charge in [-0.05, 0) is 43.2 Å². The van der Waals surface area contributed by atoms with Crippen LogP contribution in [0.1, 0.15) is 45.3 Å². The Kier molecular flexibility index (Phi) is 7.28. The maximum Gasteiger partial charge on any atom is 0.341 e. The molecule has 6 nitrogen and oxygen atoms in total. The van der Waals surface area contributed by atoms with Crippen LogP contribution in [0.25, 0.3) is 0 Å². The van der Waals surface area contributed by atoms with Gasteiger partial charge in [-0.15, -0.1) is 11.3 Å². The molecule has 0 spiro atoms. The molecule has 0 bridgehead atoms. The molecule has 7 heteroatoms. The zero-order valence-electron chi connectivity index (χ0n) is 19.3. The molecule has 4 rings (SSSR count). The molecular formula is C25H33N3O3S. The number of carbonyl (C=O) groups is 2. The molecular weight excluding hydrogens is 422 g/mol. The number of rotatable bonds is 6. The van der Waals surface area contributed by atoms with Crippen molar-refractivity contribution in [3.8, 4) is 0 Å². The Morgan fingerprint density at radius 3 is 2.50 bits per heavy atom. The fourth-order valence-corrected chi connectivity index (χ4v) is 6.00. The van der Waals surface area contributed by atoms with Gasteiger partial charge in [0.05, 0.1) is 19.2 Å². The number of benzene rings is 1. The van der Waals surface area contributed by atoms with Crippen molar-refractivity contribution in [1.29, 1.82) is 0 Å². The number of aryl methyl sites for hydroxylation is 1. The molecule has 1 aliphatic heterocycles. The number of nitrogens with zero attached hydrogens (tertiary/aromatic N) is 2. The molecule has 1 aromatic heterocycles. The number of thiophene rings is 1. The molecule has 172 valence electrons. The van der Waals surface area contributed by atoms with Crippen LogP contribution in [-0.2, 0) is 28.9 Å². The second-order valence-corrected chi connectivity index (χ2v) is 10.2. The maximum atomic E-state index is 12.8. The number of hydrogen-bond acceptors (Lipinski definition) is 6. The molecule has 1 atom stereocenters. The number of fused-ring (bicyclic) bond motifs is 1. The summed E-state index contributed by atoms with van der Waals surface area (Å²) in [6.07, 6.45) is 2.90. The summed E-state index contributed by atoms with van der Waals surface area (Å²) in [7, 11) is 1.40. The van der Waals surface area contributed by atoms with Crippen LogP contribution in [0, 0.1) is 12.8 Å². The lowest BCUT2D eigenvalue weighted by Crippen LogP contribution is -2.48. The number of amides is 1. The quantitative estimate of drug-likeness (QED) is 0.673. The number of methoxy groups -OCH3 is 1. The Bertz CT molecular complexity index is 962. The molecule has 1 aromatic carbocycles. The van der Waals surface area contributed by atoms with Gasteiger partial charge in [0.1, 0.15) is 5.00 Å². The molecule has 1 saturated heterocycles. The number of carbonyl (C=O) groups excluding carboxylic acids is 2. The van der Waals surface area contributed by atoms with E-state index >= 15 is 0 Å². The molecule has 2 aliphatic rings. The van der Waals surface area contributed by atoms with Gasteiger partial charge in [0.25, 0.3) is 0 Å². The lowest BCUT2D eigenvalue weighted by Gasteiger charge is -2.34. The minimum absolute atomic E-state index is 0.0613. The smallest absolute Gasteiger partial charge is 0.341 e. The van der Waals surface area contributed by atoms with Crippen LogP contribution in [0.4, 0.5) is 5.00 Å². The SMILES string of the molecule is COC(=O)c1c(NC(=O)CN2CCN(Cc3ccc(C)cc3)CC2)sc2c1CCC(C)C2. The molecule has 32 heavy (non-hydrogen) atoms. The molecule has 1 N–H and O–H groups in total. The van der Waals surface area contributed by atoms with Crippen molar-refractivity contribution in [1.82, 2.24) is 9.80 Å². The Hall–Kier alpha value is -2.22. The summed E-state index contributed by atoms with van der Waals surface area (Å²) in [5.41, 5.74) is 4.24. The van der Waals surface area contributed by atoms with Gasteiger partial charge in [-0.3, -0.25) is 14.6 Å². The Balaban J connectivity index is 1.32. The molecule has 2 aromatic rings. The van der Waals surface area contributed by atoms with E-state index in [1.165, 1.54) is 23.1 Å². The number of nitrogens with one attached hydrogen (secondary N) is 1. The summed E-state index contributed by atoms with van der Waals surface area (Å²) in [4.78, 5) is 31.1. The van der Waals surface area contributed by atoms with Crippen molar-refractivity contribution < 1.29 is 14.3 Å². The van der Waals surface area contributed by atoms with Crippen molar-refractivity contribution in [3.63, 3.8) is 0 Å². The number of ether oxygens (including phenoxy) is 1. The third-order valence-corrected chi connectivity index (χ3v) is 7.68. The van der Waals surface area contributed by atoms with E-state index in [1.54, 1.807) is 11.3 Å². The van der Waals surface area contributed by atoms with E-state index in [0.29, 0.717) is 23.0 Å². The summed E-state index contributed by atoms with van der Waals surface area (Å²) in [6.45, 7) is 9.24. The first-order valence-electron chi connectivity index (χ1n) is 11.5. The Labute approximate surface area is 194 Å². The van der Waals surface area contributed by atoms with E-state index in [1.807, 2.05) is 0 Å². The fourth-order valence-electron chi connectivity index (χ4n) is 4.58. The first kappa shape index (κ1) is 23.0. The van der Waals surface area contributed by atoms with E-state index in [9.17, 15) is 9.59 Å². The molecule has 1 amide bonds. The second-order valence-electron chi connectivity index (χ2n) is 9.13. The lowest BCUT2D eigenvalue weighted by molar-refractivity contribution is -0.117. The van der Waals surface area contributed by atoms with Crippen molar-refractivity contribution in [2.45, 2.75) is 39.7 Å². The second kappa shape index (κ2) is 10.1. The lowest BCUT2D eigenvalue weighted by atomic mass is 9.88. The summed E-state index contributed by atoms with van der Waals surface area (Å²) >= 11 is 1.54. The minimum atomic E-state index is -0.350. The number of hydrogen-bond donors (Lipinski definition) is 1. The highest BCUT2D eigenvalue weighted by molar-refractivity contribution is 7.17. The van der Waals surface area contributed by atoms with Crippen LogP contribution in [0.2, 0.25) is 0 Å². The minimum Gasteiger partial charge on any atom is -0.465 e. The zero-order chi connectivity index (χ0) is 22.7. The highest BCUT2D eigenvalue weighted by Gasteiger charge is 2.29. The summed E-state index contributed by atoms with van der Waals surface area (Å²) < 4.78 is 5.03. The Morgan fingerprint density at radius 2 is 1.81 bits per heavy atom. The largest absolute Gasteiger partial charge is 0.465 e. The van der Waals surface area contributed by atoms with Gasteiger partial charge in [0.15, 0.2) is 0 Å². The molecule has 1 unspecified atom stereocenters. The topological polar surface area (TPSA) is 61.9 Å². The van der Waals surface area contributed by atoms with Crippen LogP contribution < -0.4 is 5.32 Å². The van der Waals surface area contributed by atoms with Crippen molar-refractivity contribution >= 4 is 28.2 Å². The summed E-state index contributed by atoms with van der Waals surface area (Å²) in [6, 6.07) is 8.69. The normalized spacial score (nSPS) is 19.4. The number of esters is 1. The van der Waals surface area contributed by atoms with E-state index < -0.39 is 0 Å². The third kappa shape index (κ3) is 5.39. The predicted molar refractivity (Wildman–Crippen MR) is 128 cm³/mol. The van der Waals surface area contributed by atoms with Crippen molar-refractivity contribution in [2.24, 2.45) is 5.92 Å². The molecule has 1 aliphatic carbocycles. The molecule has 2 heterocycles. The monoisotopic (exact) mass is 455 g/mol. The number of anilines is 1. The fraction of sp³-hybridized carbons (Fsp3) is 0.520. The summed E-state index contributed by atoms with van der Waals surface area (Å²) in [5, 5.41) is 3.68. The van der Waals surface area contributed by atoms with E-state index in [2.05, 4.69) is 53.2 Å². The number of piperazine rings is 1. The molecule has 1 fully saturated rings. The van der Waals surface area contributed by atoms with Gasteiger partial charge in [0, 0.05) is 37.6 Å². The van der Waals surface area contributed by atoms with Crippen molar-refractivity contribution in [3.05, 3.63) is 51.4 Å². The van der Waals surface area contributed by atoms with Gasteiger partial charge < -0.3 is 10.1 Å². The first-order chi connectivity index (χ1) is 15.4. The average Bonchev–Trinajstić information content (AvgIpc) is 3.12. The van der Waals surface area contributed by atoms with Gasteiger partial charge in [-0.25, -0.2) is 4.79 Å². The standard InChI is InChI=1S/C25H33N3O3S/c1-17-4-7-19(8-5-17)15-27-10-12-28(13-11-27)16-22(29)26-24-23(25(30)31-3)20-9-6-18(2)14-21(20)32-24/h4-5,7-8,18H,6,9-16H2,1-3H3,(H,26,29). The maximum absolute atomic E-state index is 12.8. The van der Waals surface area contributed by atoms with E-state index in [4.69, 9.17) is 4.74 Å². The molecule has 0 saturated carbocycles. The van der Waals surface area contributed by atoms with Crippen molar-refractivity contribution in [2.75, 3.05) is 45.2 Å². The van der Waals surface area contributed by atoms with Gasteiger partial charge in [-0.2, -0.15) is 0 Å². The van der Waals surface area contributed by atoms with E-state index in [-0.39, 0.29) is 11.9 Å². The van der Waals surface area contributed by atoms with Crippen LogP contribution in [0.3, 0.4) is 0 Å². The van der Waals surface area contributed by atoms with Crippen LogP contribution in [-0.4, -0.2) is 61.5 Å². The summed E-state index contributed by atoms with van der Waals surface area (Å²) in [5.74, 6) is 0.192. The highest BCUT2D eigenvalue weighted by Crippen LogP contribution is 2.40. The van der Waals surface area contributed by atoms with Crippen LogP contribution in [0.15, 0.2) is 24.3 Å². The van der Waals surface area contributed by atoms with Crippen LogP contribution in [0.5, 0.6) is 0 Å². The molecule has 0 radical (unpaired) electrons. The predicted octanol–water partition coefficient (Wildman–Crippen LogP) is 3.72.